The molecule has 0 spiro atoms. The number of thioether (sulfide) groups is 3. The predicted molar refractivity (Wildman–Crippen MR) is 54.8 cm³/mol. The summed E-state index contributed by atoms with van der Waals surface area (Å²) in [7, 11) is 0. The highest BCUT2D eigenvalue weighted by atomic mass is 32.2. The van der Waals surface area contributed by atoms with Crippen LogP contribution in [-0.2, 0) is 0 Å². The molecule has 0 atom stereocenters. The molecule has 1 aliphatic heterocycles. The fraction of sp³-hybridized carbons (Fsp3) is 0.143. The summed E-state index contributed by atoms with van der Waals surface area (Å²) in [4.78, 5) is 1.34. The molecular formula is C7H8S3. The van der Waals surface area contributed by atoms with Gasteiger partial charge >= 0.3 is 0 Å². The first-order valence-corrected chi connectivity index (χ1v) is 5.45. The lowest BCUT2D eigenvalue weighted by molar-refractivity contribution is 1.71. The Balaban J connectivity index is 2.57. The first kappa shape index (κ1) is 8.37. The molecule has 1 heterocycles. The quantitative estimate of drug-likeness (QED) is 0.643. The first-order valence-electron chi connectivity index (χ1n) is 2.81. The maximum atomic E-state index is 3.66. The summed E-state index contributed by atoms with van der Waals surface area (Å²) in [5.41, 5.74) is 0. The Morgan fingerprint density at radius 3 is 2.70 bits per heavy atom. The molecule has 0 aromatic carbocycles. The van der Waals surface area contributed by atoms with E-state index in [1.165, 1.54) is 9.14 Å². The topological polar surface area (TPSA) is 0 Å². The molecule has 1 aliphatic rings. The largest absolute Gasteiger partial charge is 0.102 e. The fourth-order valence-corrected chi connectivity index (χ4v) is 3.05. The van der Waals surface area contributed by atoms with Crippen LogP contribution in [0.1, 0.15) is 6.92 Å². The van der Waals surface area contributed by atoms with Gasteiger partial charge in [-0.25, -0.2) is 0 Å². The number of rotatable bonds is 2. The summed E-state index contributed by atoms with van der Waals surface area (Å²) in [5, 5.41) is 6.07. The SMILES string of the molecule is C=CSC(C)=C1SC=CS1. The van der Waals surface area contributed by atoms with Crippen molar-refractivity contribution in [3.05, 3.63) is 31.9 Å². The van der Waals surface area contributed by atoms with Gasteiger partial charge in [0.2, 0.25) is 0 Å². The Bertz CT molecular complexity index is 181. The average molecular weight is 188 g/mol. The second-order valence-electron chi connectivity index (χ2n) is 1.64. The Morgan fingerprint density at radius 1 is 1.60 bits per heavy atom. The van der Waals surface area contributed by atoms with Crippen molar-refractivity contribution in [2.24, 2.45) is 0 Å². The van der Waals surface area contributed by atoms with Crippen LogP contribution in [0.5, 0.6) is 0 Å². The number of hydrogen-bond acceptors (Lipinski definition) is 3. The molecule has 3 heteroatoms. The smallest absolute Gasteiger partial charge is 0.0582 e. The van der Waals surface area contributed by atoms with E-state index in [1.807, 2.05) is 5.41 Å². The zero-order valence-corrected chi connectivity index (χ0v) is 8.11. The van der Waals surface area contributed by atoms with Gasteiger partial charge in [-0.05, 0) is 23.1 Å². The summed E-state index contributed by atoms with van der Waals surface area (Å²) in [6.07, 6.45) is 0. The predicted octanol–water partition coefficient (Wildman–Crippen LogP) is 4.00. The van der Waals surface area contributed by atoms with Crippen LogP contribution in [0.4, 0.5) is 0 Å². The van der Waals surface area contributed by atoms with E-state index in [0.29, 0.717) is 0 Å². The van der Waals surface area contributed by atoms with E-state index in [-0.39, 0.29) is 0 Å². The Kier molecular flexibility index (Phi) is 3.52. The van der Waals surface area contributed by atoms with Crippen molar-refractivity contribution < 1.29 is 0 Å². The minimum absolute atomic E-state index is 1.34. The molecule has 0 unspecified atom stereocenters. The van der Waals surface area contributed by atoms with E-state index < -0.39 is 0 Å². The van der Waals surface area contributed by atoms with E-state index in [4.69, 9.17) is 0 Å². The minimum Gasteiger partial charge on any atom is -0.102 e. The minimum atomic E-state index is 1.34. The Labute approximate surface area is 74.2 Å². The molecule has 0 nitrogen and oxygen atoms in total. The van der Waals surface area contributed by atoms with Crippen LogP contribution in [0.3, 0.4) is 0 Å². The molecule has 0 radical (unpaired) electrons. The molecule has 1 rings (SSSR count). The average Bonchev–Trinajstić information content (AvgIpc) is 2.38. The van der Waals surface area contributed by atoms with Crippen LogP contribution in [0.25, 0.3) is 0 Å². The monoisotopic (exact) mass is 188 g/mol. The van der Waals surface area contributed by atoms with Crippen molar-refractivity contribution in [2.45, 2.75) is 6.92 Å². The van der Waals surface area contributed by atoms with Crippen LogP contribution in [0, 0.1) is 0 Å². The molecule has 0 amide bonds. The van der Waals surface area contributed by atoms with Crippen LogP contribution in [-0.4, -0.2) is 0 Å². The van der Waals surface area contributed by atoms with Crippen LogP contribution >= 0.6 is 35.3 Å². The van der Waals surface area contributed by atoms with Crippen molar-refractivity contribution in [1.82, 2.24) is 0 Å². The highest BCUT2D eigenvalue weighted by molar-refractivity contribution is 8.28. The lowest BCUT2D eigenvalue weighted by Crippen LogP contribution is -1.66. The highest BCUT2D eigenvalue weighted by Gasteiger charge is 2.04. The molecule has 10 heavy (non-hydrogen) atoms. The third-order valence-corrected chi connectivity index (χ3v) is 4.27. The summed E-state index contributed by atoms with van der Waals surface area (Å²) in [5.74, 6) is 0. The Morgan fingerprint density at radius 2 is 2.20 bits per heavy atom. The van der Waals surface area contributed by atoms with Crippen molar-refractivity contribution in [3.8, 4) is 0 Å². The van der Waals surface area contributed by atoms with Gasteiger partial charge in [-0.2, -0.15) is 0 Å². The van der Waals surface area contributed by atoms with Crippen molar-refractivity contribution in [2.75, 3.05) is 0 Å². The molecule has 0 aliphatic carbocycles. The molecule has 0 aromatic rings. The van der Waals surface area contributed by atoms with Gasteiger partial charge < -0.3 is 0 Å². The fourth-order valence-electron chi connectivity index (χ4n) is 0.546. The number of allylic oxidation sites excluding steroid dienone is 1. The maximum Gasteiger partial charge on any atom is 0.0582 e. The van der Waals surface area contributed by atoms with Crippen LogP contribution in [0.15, 0.2) is 31.9 Å². The van der Waals surface area contributed by atoms with Gasteiger partial charge in [0, 0.05) is 4.91 Å². The molecule has 0 N–H and O–H groups in total. The molecule has 0 saturated heterocycles. The van der Waals surface area contributed by atoms with Gasteiger partial charge in [0.05, 0.1) is 4.24 Å². The van der Waals surface area contributed by atoms with Gasteiger partial charge in [0.25, 0.3) is 0 Å². The van der Waals surface area contributed by atoms with Crippen molar-refractivity contribution in [3.63, 3.8) is 0 Å². The first-order chi connectivity index (χ1) is 4.84. The van der Waals surface area contributed by atoms with Gasteiger partial charge in [-0.15, -0.1) is 11.8 Å². The lowest BCUT2D eigenvalue weighted by Gasteiger charge is -1.98. The molecule has 54 valence electrons. The van der Waals surface area contributed by atoms with Crippen LogP contribution in [0.2, 0.25) is 0 Å². The summed E-state index contributed by atoms with van der Waals surface area (Å²) < 4.78 is 1.38. The summed E-state index contributed by atoms with van der Waals surface area (Å²) in [6.45, 7) is 5.78. The second-order valence-corrected chi connectivity index (χ2v) is 4.91. The third-order valence-electron chi connectivity index (χ3n) is 0.953. The zero-order valence-electron chi connectivity index (χ0n) is 5.66. The van der Waals surface area contributed by atoms with Crippen molar-refractivity contribution >= 4 is 35.3 Å². The van der Waals surface area contributed by atoms with E-state index in [2.05, 4.69) is 24.3 Å². The second kappa shape index (κ2) is 4.21. The zero-order chi connectivity index (χ0) is 7.40. The van der Waals surface area contributed by atoms with E-state index in [1.54, 1.807) is 35.3 Å². The molecule has 0 fully saturated rings. The van der Waals surface area contributed by atoms with Crippen molar-refractivity contribution in [1.29, 1.82) is 0 Å². The van der Waals surface area contributed by atoms with E-state index in [9.17, 15) is 0 Å². The molecular weight excluding hydrogens is 180 g/mol. The van der Waals surface area contributed by atoms with Crippen LogP contribution < -0.4 is 0 Å². The van der Waals surface area contributed by atoms with E-state index in [0.717, 1.165) is 0 Å². The van der Waals surface area contributed by atoms with E-state index >= 15 is 0 Å². The van der Waals surface area contributed by atoms with Gasteiger partial charge in [-0.1, -0.05) is 30.1 Å². The Hall–Kier alpha value is 0.270. The molecule has 0 aromatic heterocycles. The third kappa shape index (κ3) is 2.15. The standard InChI is InChI=1S/C7H8S3/c1-3-8-6(2)7-9-4-5-10-7/h3-5H,1H2,2H3. The molecule has 0 bridgehead atoms. The normalized spacial score (nSPS) is 15.9. The number of hydrogen-bond donors (Lipinski definition) is 0. The van der Waals surface area contributed by atoms with Gasteiger partial charge in [0.15, 0.2) is 0 Å². The lowest BCUT2D eigenvalue weighted by atomic mass is 10.7. The molecule has 0 saturated carbocycles. The van der Waals surface area contributed by atoms with Gasteiger partial charge in [0.1, 0.15) is 0 Å². The van der Waals surface area contributed by atoms with Gasteiger partial charge in [-0.3, -0.25) is 0 Å². The highest BCUT2D eigenvalue weighted by Crippen LogP contribution is 2.42. The summed E-state index contributed by atoms with van der Waals surface area (Å²) >= 11 is 5.26. The maximum absolute atomic E-state index is 3.66. The summed E-state index contributed by atoms with van der Waals surface area (Å²) in [6, 6.07) is 0.